The zero-order valence-electron chi connectivity index (χ0n) is 8.83. The normalized spacial score (nSPS) is 17.1. The Balaban J connectivity index is 1.94. The van der Waals surface area contributed by atoms with Crippen LogP contribution >= 0.6 is 11.6 Å². The number of carbonyl (C=O) groups excluding carboxylic acids is 1. The van der Waals surface area contributed by atoms with Crippen LogP contribution in [0.4, 0.5) is 0 Å². The third-order valence-corrected chi connectivity index (χ3v) is 2.75. The quantitative estimate of drug-likeness (QED) is 0.760. The second-order valence-electron chi connectivity index (χ2n) is 3.68. The first-order valence-corrected chi connectivity index (χ1v) is 5.63. The fourth-order valence-electron chi connectivity index (χ4n) is 1.58. The number of rotatable bonds is 2. The van der Waals surface area contributed by atoms with Gasteiger partial charge in [0.15, 0.2) is 0 Å². The Labute approximate surface area is 99.1 Å². The van der Waals surface area contributed by atoms with Gasteiger partial charge in [0.2, 0.25) is 0 Å². The van der Waals surface area contributed by atoms with Crippen molar-refractivity contribution in [3.05, 3.63) is 34.9 Å². The van der Waals surface area contributed by atoms with Crippen LogP contribution in [-0.4, -0.2) is 32.2 Å². The fourth-order valence-corrected chi connectivity index (χ4v) is 1.70. The molecule has 0 atom stereocenters. The third kappa shape index (κ3) is 2.95. The van der Waals surface area contributed by atoms with Gasteiger partial charge in [0, 0.05) is 10.6 Å². The van der Waals surface area contributed by atoms with E-state index < -0.39 is 0 Å². The molecular weight excluding hydrogens is 228 g/mol. The van der Waals surface area contributed by atoms with Crippen LogP contribution in [0.25, 0.3) is 0 Å². The molecule has 1 aliphatic rings. The summed E-state index contributed by atoms with van der Waals surface area (Å²) in [6, 6.07) is 6.87. The SMILES string of the molecule is O=C(N[NH+]1CCOCC1)c1ccc(Cl)cc1. The summed E-state index contributed by atoms with van der Waals surface area (Å²) in [5, 5.41) is 1.68. The van der Waals surface area contributed by atoms with Gasteiger partial charge in [-0.3, -0.25) is 4.79 Å². The maximum Gasteiger partial charge on any atom is 0.295 e. The first kappa shape index (κ1) is 11.4. The minimum Gasteiger partial charge on any atom is -0.370 e. The predicted octanol–water partition coefficient (Wildman–Crippen LogP) is -0.100. The van der Waals surface area contributed by atoms with Crippen molar-refractivity contribution in [3.63, 3.8) is 0 Å². The van der Waals surface area contributed by atoms with E-state index in [0.29, 0.717) is 23.8 Å². The standard InChI is InChI=1S/C11H13ClN2O2/c12-10-3-1-9(2-4-10)11(15)13-14-5-7-16-8-6-14/h1-4H,5-8H2,(H,13,15)/p+1. The molecule has 5 heteroatoms. The number of hydrogen-bond donors (Lipinski definition) is 2. The van der Waals surface area contributed by atoms with Gasteiger partial charge in [-0.2, -0.15) is 5.43 Å². The van der Waals surface area contributed by atoms with Crippen molar-refractivity contribution in [2.24, 2.45) is 0 Å². The van der Waals surface area contributed by atoms with Crippen LogP contribution in [0.2, 0.25) is 5.02 Å². The first-order chi connectivity index (χ1) is 7.75. The molecule has 1 aromatic rings. The summed E-state index contributed by atoms with van der Waals surface area (Å²) in [4.78, 5) is 11.8. The van der Waals surface area contributed by atoms with Gasteiger partial charge in [0.05, 0.1) is 13.2 Å². The Hall–Kier alpha value is -1.10. The average Bonchev–Trinajstić information content (AvgIpc) is 2.31. The molecule has 4 nitrogen and oxygen atoms in total. The molecule has 0 bridgehead atoms. The van der Waals surface area contributed by atoms with Crippen LogP contribution in [0.3, 0.4) is 0 Å². The Morgan fingerprint density at radius 3 is 2.50 bits per heavy atom. The summed E-state index contributed by atoms with van der Waals surface area (Å²) in [7, 11) is 0. The molecule has 0 radical (unpaired) electrons. The predicted molar refractivity (Wildman–Crippen MR) is 60.4 cm³/mol. The Bertz CT molecular complexity index is 361. The number of quaternary nitrogens is 1. The summed E-state index contributed by atoms with van der Waals surface area (Å²) in [5.41, 5.74) is 3.54. The molecule has 0 saturated carbocycles. The van der Waals surface area contributed by atoms with E-state index >= 15 is 0 Å². The van der Waals surface area contributed by atoms with Crippen molar-refractivity contribution in [1.82, 2.24) is 5.43 Å². The molecule has 0 spiro atoms. The molecule has 0 aromatic heterocycles. The summed E-state index contributed by atoms with van der Waals surface area (Å²) < 4.78 is 5.21. The van der Waals surface area contributed by atoms with Gasteiger partial charge in [0.25, 0.3) is 5.91 Å². The lowest BCUT2D eigenvalue weighted by molar-refractivity contribution is -0.942. The van der Waals surface area contributed by atoms with Gasteiger partial charge in [-0.1, -0.05) is 11.6 Å². The Morgan fingerprint density at radius 2 is 1.88 bits per heavy atom. The molecular formula is C11H14ClN2O2+. The molecule has 86 valence electrons. The average molecular weight is 242 g/mol. The van der Waals surface area contributed by atoms with Gasteiger partial charge < -0.3 is 4.74 Å². The molecule has 2 N–H and O–H groups in total. The van der Waals surface area contributed by atoms with Crippen molar-refractivity contribution >= 4 is 17.5 Å². The van der Waals surface area contributed by atoms with E-state index in [1.807, 2.05) is 0 Å². The second kappa shape index (κ2) is 5.30. The highest BCUT2D eigenvalue weighted by Gasteiger charge is 2.17. The summed E-state index contributed by atoms with van der Waals surface area (Å²) in [6.45, 7) is 2.99. The summed E-state index contributed by atoms with van der Waals surface area (Å²) in [5.74, 6) is -0.0754. The van der Waals surface area contributed by atoms with E-state index in [0.717, 1.165) is 18.1 Å². The molecule has 1 amide bonds. The smallest absolute Gasteiger partial charge is 0.295 e. The number of benzene rings is 1. The van der Waals surface area contributed by atoms with E-state index in [1.165, 1.54) is 0 Å². The lowest BCUT2D eigenvalue weighted by atomic mass is 10.2. The Morgan fingerprint density at radius 1 is 1.25 bits per heavy atom. The number of hydrogen-bond acceptors (Lipinski definition) is 2. The molecule has 2 rings (SSSR count). The van der Waals surface area contributed by atoms with Crippen molar-refractivity contribution in [3.8, 4) is 0 Å². The minimum atomic E-state index is -0.0754. The highest BCUT2D eigenvalue weighted by molar-refractivity contribution is 6.30. The number of ether oxygens (including phenoxy) is 1. The van der Waals surface area contributed by atoms with Gasteiger partial charge in [0.1, 0.15) is 13.1 Å². The number of morpholine rings is 1. The van der Waals surface area contributed by atoms with E-state index in [4.69, 9.17) is 16.3 Å². The van der Waals surface area contributed by atoms with Gasteiger partial charge in [-0.25, -0.2) is 5.01 Å². The minimum absolute atomic E-state index is 0.0754. The highest BCUT2D eigenvalue weighted by atomic mass is 35.5. The molecule has 1 fully saturated rings. The topological polar surface area (TPSA) is 42.8 Å². The molecule has 1 saturated heterocycles. The summed E-state index contributed by atoms with van der Waals surface area (Å²) in [6.07, 6.45) is 0. The molecule has 1 aliphatic heterocycles. The number of amides is 1. The van der Waals surface area contributed by atoms with Crippen LogP contribution < -0.4 is 10.4 Å². The van der Waals surface area contributed by atoms with Gasteiger partial charge in [-0.05, 0) is 24.3 Å². The van der Waals surface area contributed by atoms with E-state index in [2.05, 4.69) is 5.43 Å². The van der Waals surface area contributed by atoms with Crippen molar-refractivity contribution in [1.29, 1.82) is 0 Å². The highest BCUT2D eigenvalue weighted by Crippen LogP contribution is 2.08. The van der Waals surface area contributed by atoms with Gasteiger partial charge >= 0.3 is 0 Å². The summed E-state index contributed by atoms with van der Waals surface area (Å²) >= 11 is 5.75. The Kier molecular flexibility index (Phi) is 3.77. The van der Waals surface area contributed by atoms with E-state index in [-0.39, 0.29) is 5.91 Å². The van der Waals surface area contributed by atoms with Crippen LogP contribution in [0.5, 0.6) is 0 Å². The lowest BCUT2D eigenvalue weighted by Gasteiger charge is -2.23. The molecule has 0 aliphatic carbocycles. The van der Waals surface area contributed by atoms with Crippen LogP contribution in [-0.2, 0) is 4.74 Å². The van der Waals surface area contributed by atoms with E-state index in [1.54, 1.807) is 24.3 Å². The molecule has 1 heterocycles. The monoisotopic (exact) mass is 241 g/mol. The largest absolute Gasteiger partial charge is 0.370 e. The van der Waals surface area contributed by atoms with Crippen LogP contribution in [0.15, 0.2) is 24.3 Å². The van der Waals surface area contributed by atoms with E-state index in [9.17, 15) is 4.79 Å². The molecule has 1 aromatic carbocycles. The number of carbonyl (C=O) groups is 1. The maximum atomic E-state index is 11.8. The van der Waals surface area contributed by atoms with Crippen molar-refractivity contribution in [2.45, 2.75) is 0 Å². The first-order valence-electron chi connectivity index (χ1n) is 5.25. The van der Waals surface area contributed by atoms with Crippen molar-refractivity contribution in [2.75, 3.05) is 26.3 Å². The number of halogens is 1. The lowest BCUT2D eigenvalue weighted by Crippen LogP contribution is -3.20. The molecule has 0 unspecified atom stereocenters. The third-order valence-electron chi connectivity index (χ3n) is 2.49. The van der Waals surface area contributed by atoms with Crippen LogP contribution in [0, 0.1) is 0 Å². The molecule has 16 heavy (non-hydrogen) atoms. The fraction of sp³-hybridized carbons (Fsp3) is 0.364. The zero-order valence-corrected chi connectivity index (χ0v) is 9.59. The van der Waals surface area contributed by atoms with Gasteiger partial charge in [-0.15, -0.1) is 0 Å². The van der Waals surface area contributed by atoms with Crippen LogP contribution in [0.1, 0.15) is 10.4 Å². The maximum absolute atomic E-state index is 11.8. The van der Waals surface area contributed by atoms with Crippen molar-refractivity contribution < 1.29 is 14.5 Å². The zero-order chi connectivity index (χ0) is 11.4. The number of nitrogens with one attached hydrogen (secondary N) is 2. The second-order valence-corrected chi connectivity index (χ2v) is 4.11.